The van der Waals surface area contributed by atoms with Crippen molar-refractivity contribution < 1.29 is 32.6 Å². The number of nitrogens with one attached hydrogen (secondary N) is 2. The average Bonchev–Trinajstić information content (AvgIpc) is 3.46. The fourth-order valence-electron chi connectivity index (χ4n) is 3.52. The Bertz CT molecular complexity index is 1420. The van der Waals surface area contributed by atoms with Crippen LogP contribution in [0, 0.1) is 17.5 Å². The van der Waals surface area contributed by atoms with Crippen molar-refractivity contribution >= 4 is 28.7 Å². The standard InChI is InChI=1S/C21H23F3N6O2/c22-11-7-15(23)18(16(24)8-11)28-21-27-17-9-25-20(26-12-1-3-14(31)4-2-12)29-19(17)30(21)13-5-6-32-10-13/h7-9,12-14,31H,1-6,10H2,(H,27,28)(H,25,26,29)/i1D,2D2,3D2,12D,14D. The van der Waals surface area contributed by atoms with Gasteiger partial charge in [-0.1, -0.05) is 0 Å². The Kier molecular flexibility index (Phi) is 3.81. The minimum Gasteiger partial charge on any atom is -0.393 e. The van der Waals surface area contributed by atoms with Crippen LogP contribution in [0.3, 0.4) is 0 Å². The van der Waals surface area contributed by atoms with Crippen molar-refractivity contribution in [1.29, 1.82) is 0 Å². The third-order valence-corrected chi connectivity index (χ3v) is 5.02. The Labute approximate surface area is 191 Å². The highest BCUT2D eigenvalue weighted by atomic mass is 19.1. The number of aliphatic hydroxyl groups is 1. The van der Waals surface area contributed by atoms with E-state index in [0.717, 1.165) is 0 Å². The van der Waals surface area contributed by atoms with Crippen LogP contribution in [0.15, 0.2) is 18.3 Å². The van der Waals surface area contributed by atoms with Crippen molar-refractivity contribution in [2.45, 2.75) is 50.1 Å². The van der Waals surface area contributed by atoms with Gasteiger partial charge in [0.15, 0.2) is 17.3 Å². The van der Waals surface area contributed by atoms with Crippen LogP contribution in [0.2, 0.25) is 0 Å². The number of hydrogen-bond donors (Lipinski definition) is 3. The minimum absolute atomic E-state index is 0.0786. The van der Waals surface area contributed by atoms with Crippen LogP contribution in [-0.4, -0.2) is 49.9 Å². The van der Waals surface area contributed by atoms with Gasteiger partial charge in [-0.15, -0.1) is 0 Å². The molecule has 2 aromatic heterocycles. The second-order valence-corrected chi connectivity index (χ2v) is 7.22. The van der Waals surface area contributed by atoms with Crippen LogP contribution < -0.4 is 10.6 Å². The molecule has 4 unspecified atom stereocenters. The van der Waals surface area contributed by atoms with E-state index in [1.165, 1.54) is 10.8 Å². The summed E-state index contributed by atoms with van der Waals surface area (Å²) in [7, 11) is 0. The van der Waals surface area contributed by atoms with Gasteiger partial charge in [0.05, 0.1) is 27.7 Å². The average molecular weight is 455 g/mol. The lowest BCUT2D eigenvalue weighted by Gasteiger charge is -2.26. The fraction of sp³-hybridized carbons (Fsp3) is 0.476. The molecule has 2 fully saturated rings. The summed E-state index contributed by atoms with van der Waals surface area (Å²) in [6.45, 7) is 0.546. The predicted octanol–water partition coefficient (Wildman–Crippen LogP) is 3.66. The predicted molar refractivity (Wildman–Crippen MR) is 111 cm³/mol. The zero-order chi connectivity index (χ0) is 28.5. The Morgan fingerprint density at radius 3 is 2.75 bits per heavy atom. The molecule has 1 saturated heterocycles. The molecule has 0 bridgehead atoms. The number of anilines is 3. The molecule has 1 saturated carbocycles. The van der Waals surface area contributed by atoms with Crippen molar-refractivity contribution in [3.8, 4) is 0 Å². The van der Waals surface area contributed by atoms with Crippen LogP contribution in [0.5, 0.6) is 0 Å². The lowest BCUT2D eigenvalue weighted by molar-refractivity contribution is 0.126. The Hall–Kier alpha value is -2.92. The third-order valence-electron chi connectivity index (χ3n) is 5.02. The van der Waals surface area contributed by atoms with Crippen molar-refractivity contribution in [1.82, 2.24) is 19.5 Å². The van der Waals surface area contributed by atoms with E-state index in [1.807, 2.05) is 0 Å². The molecule has 0 amide bonds. The van der Waals surface area contributed by atoms with Gasteiger partial charge in [0, 0.05) is 31.6 Å². The molecular weight excluding hydrogens is 425 g/mol. The summed E-state index contributed by atoms with van der Waals surface area (Å²) in [5, 5.41) is 15.1. The number of nitrogens with zero attached hydrogens (tertiary/aromatic N) is 4. The highest BCUT2D eigenvalue weighted by molar-refractivity contribution is 5.76. The van der Waals surface area contributed by atoms with Crippen LogP contribution in [-0.2, 0) is 4.74 Å². The van der Waals surface area contributed by atoms with E-state index in [4.69, 9.17) is 14.3 Å². The Morgan fingerprint density at radius 2 is 2.00 bits per heavy atom. The van der Waals surface area contributed by atoms with Gasteiger partial charge < -0.3 is 20.5 Å². The van der Waals surface area contributed by atoms with Gasteiger partial charge in [-0.05, 0) is 32.0 Å². The molecule has 3 aromatic rings. The summed E-state index contributed by atoms with van der Waals surface area (Å²) in [5.41, 5.74) is -0.461. The van der Waals surface area contributed by atoms with E-state index >= 15 is 0 Å². The second kappa shape index (κ2) is 8.55. The van der Waals surface area contributed by atoms with E-state index in [9.17, 15) is 18.3 Å². The van der Waals surface area contributed by atoms with Crippen LogP contribution in [0.1, 0.15) is 47.6 Å². The number of fused-ring (bicyclic) bond motifs is 1. The summed E-state index contributed by atoms with van der Waals surface area (Å²) in [5.74, 6) is -4.00. The van der Waals surface area contributed by atoms with Gasteiger partial charge in [0.2, 0.25) is 11.9 Å². The molecule has 3 heterocycles. The molecule has 2 aliphatic rings. The number of rotatable bonds is 5. The van der Waals surface area contributed by atoms with Gasteiger partial charge in [0.25, 0.3) is 0 Å². The summed E-state index contributed by atoms with van der Waals surface area (Å²) in [6, 6.07) is -2.16. The van der Waals surface area contributed by atoms with Crippen LogP contribution in [0.25, 0.3) is 11.2 Å². The van der Waals surface area contributed by atoms with Gasteiger partial charge in [0.1, 0.15) is 17.0 Å². The number of benzene rings is 1. The summed E-state index contributed by atoms with van der Waals surface area (Å²) < 4.78 is 106. The molecule has 32 heavy (non-hydrogen) atoms. The van der Waals surface area contributed by atoms with Crippen LogP contribution >= 0.6 is 0 Å². The number of imidazole rings is 1. The molecule has 1 aliphatic carbocycles. The highest BCUT2D eigenvalue weighted by Gasteiger charge is 2.27. The zero-order valence-electron chi connectivity index (χ0n) is 23.5. The van der Waals surface area contributed by atoms with E-state index in [-0.39, 0.29) is 23.7 Å². The molecule has 11 heteroatoms. The monoisotopic (exact) mass is 455 g/mol. The normalized spacial score (nSPS) is 36.8. The zero-order valence-corrected chi connectivity index (χ0v) is 16.5. The molecule has 3 N–H and O–H groups in total. The van der Waals surface area contributed by atoms with Gasteiger partial charge in [-0.2, -0.15) is 4.98 Å². The van der Waals surface area contributed by atoms with Gasteiger partial charge in [-0.3, -0.25) is 4.57 Å². The molecule has 5 rings (SSSR count). The van der Waals surface area contributed by atoms with E-state index < -0.39 is 72.8 Å². The topological polar surface area (TPSA) is 97.1 Å². The lowest BCUT2D eigenvalue weighted by Crippen LogP contribution is -2.29. The Morgan fingerprint density at radius 1 is 1.19 bits per heavy atom. The number of aromatic nitrogens is 4. The fourth-order valence-corrected chi connectivity index (χ4v) is 3.52. The molecule has 1 aromatic carbocycles. The number of halogens is 3. The minimum atomic E-state index is -3.00. The Balaban J connectivity index is 1.58. The van der Waals surface area contributed by atoms with Gasteiger partial charge in [-0.25, -0.2) is 23.1 Å². The SMILES string of the molecule is [2H]C1C([2H])([2H])C([2H])(O)CC([2H])([2H])C1([2H])Nc1ncc2nc(Nc3c(F)cc(F)cc3F)n(C3CCOC3)c2n1. The van der Waals surface area contributed by atoms with E-state index in [2.05, 4.69) is 25.6 Å². The largest absolute Gasteiger partial charge is 0.393 e. The first-order valence-electron chi connectivity index (χ1n) is 13.3. The first-order valence-corrected chi connectivity index (χ1v) is 9.74. The lowest BCUT2D eigenvalue weighted by atomic mass is 9.93. The number of ether oxygens (including phenoxy) is 1. The molecule has 8 nitrogen and oxygen atoms in total. The summed E-state index contributed by atoms with van der Waals surface area (Å²) >= 11 is 0. The van der Waals surface area contributed by atoms with Gasteiger partial charge >= 0.3 is 0 Å². The third kappa shape index (κ3) is 4.09. The maximum atomic E-state index is 14.4. The van der Waals surface area contributed by atoms with Crippen molar-refractivity contribution in [2.24, 2.45) is 0 Å². The molecule has 4 atom stereocenters. The second-order valence-electron chi connectivity index (χ2n) is 7.22. The maximum Gasteiger partial charge on any atom is 0.224 e. The molecule has 170 valence electrons. The number of hydrogen-bond acceptors (Lipinski definition) is 7. The molecule has 0 radical (unpaired) electrons. The van der Waals surface area contributed by atoms with E-state index in [1.54, 1.807) is 0 Å². The van der Waals surface area contributed by atoms with Crippen molar-refractivity contribution in [3.63, 3.8) is 0 Å². The molecule has 1 aliphatic heterocycles. The smallest absolute Gasteiger partial charge is 0.224 e. The maximum absolute atomic E-state index is 14.4. The van der Waals surface area contributed by atoms with Crippen LogP contribution in [0.4, 0.5) is 30.8 Å². The molecule has 0 spiro atoms. The summed E-state index contributed by atoms with van der Waals surface area (Å²) in [6.07, 6.45) is -10.5. The van der Waals surface area contributed by atoms with E-state index in [0.29, 0.717) is 25.2 Å². The highest BCUT2D eigenvalue weighted by Crippen LogP contribution is 2.32. The quantitative estimate of drug-likeness (QED) is 0.540. The molecular formula is C21H23F3N6O2. The summed E-state index contributed by atoms with van der Waals surface area (Å²) in [4.78, 5) is 12.6. The van der Waals surface area contributed by atoms with Crippen molar-refractivity contribution in [3.05, 3.63) is 35.8 Å². The van der Waals surface area contributed by atoms with Crippen molar-refractivity contribution in [2.75, 3.05) is 23.8 Å². The first kappa shape index (κ1) is 14.3. The first-order chi connectivity index (χ1) is 18.1.